The first kappa shape index (κ1) is 19.0. The maximum atomic E-state index is 12.7. The molecule has 1 aromatic heterocycles. The van der Waals surface area contributed by atoms with Crippen LogP contribution in [0.2, 0.25) is 0 Å². The fraction of sp³-hybridized carbons (Fsp3) is 0.625. The zero-order valence-corrected chi connectivity index (χ0v) is 15.4. The Bertz CT molecular complexity index is 606. The van der Waals surface area contributed by atoms with Crippen LogP contribution in [-0.2, 0) is 4.74 Å². The van der Waals surface area contributed by atoms with E-state index in [1.54, 1.807) is 37.8 Å². The minimum absolute atomic E-state index is 0.0308. The van der Waals surface area contributed by atoms with Crippen LogP contribution in [0.1, 0.15) is 44.1 Å². The minimum Gasteiger partial charge on any atom is -0.455 e. The molecule has 4 nitrogen and oxygen atoms in total. The van der Waals surface area contributed by atoms with E-state index in [1.165, 1.54) is 0 Å². The molecule has 1 fully saturated rings. The summed E-state index contributed by atoms with van der Waals surface area (Å²) >= 11 is 3.27. The fourth-order valence-electron chi connectivity index (χ4n) is 2.51. The van der Waals surface area contributed by atoms with Crippen molar-refractivity contribution in [1.29, 1.82) is 0 Å². The van der Waals surface area contributed by atoms with Gasteiger partial charge in [0.15, 0.2) is 5.69 Å². The van der Waals surface area contributed by atoms with E-state index < -0.39 is 23.7 Å². The second kappa shape index (κ2) is 6.90. The van der Waals surface area contributed by atoms with Crippen molar-refractivity contribution >= 4 is 27.7 Å². The number of aromatic nitrogens is 1. The van der Waals surface area contributed by atoms with E-state index in [-0.39, 0.29) is 31.6 Å². The Hall–Kier alpha value is -1.31. The van der Waals surface area contributed by atoms with Gasteiger partial charge in [0.1, 0.15) is 11.4 Å². The lowest BCUT2D eigenvalue weighted by Gasteiger charge is -2.33. The molecule has 0 aliphatic carbocycles. The number of ether oxygens (including phenoxy) is 1. The summed E-state index contributed by atoms with van der Waals surface area (Å²) in [6.07, 6.45) is -4.09. The van der Waals surface area contributed by atoms with E-state index in [9.17, 15) is 18.0 Å². The van der Waals surface area contributed by atoms with Crippen molar-refractivity contribution in [2.75, 3.05) is 18.0 Å². The lowest BCUT2D eigenvalue weighted by molar-refractivity contribution is -0.179. The smallest absolute Gasteiger partial charge is 0.391 e. The Morgan fingerprint density at radius 3 is 2.33 bits per heavy atom. The molecule has 0 saturated carbocycles. The molecule has 24 heavy (non-hydrogen) atoms. The van der Waals surface area contributed by atoms with E-state index in [0.29, 0.717) is 10.3 Å². The molecule has 1 aliphatic heterocycles. The third-order valence-corrected chi connectivity index (χ3v) is 4.35. The van der Waals surface area contributed by atoms with Crippen LogP contribution >= 0.6 is 15.9 Å². The van der Waals surface area contributed by atoms with Gasteiger partial charge in [-0.2, -0.15) is 13.2 Å². The lowest BCUT2D eigenvalue weighted by Crippen LogP contribution is -2.39. The van der Waals surface area contributed by atoms with Gasteiger partial charge in [-0.3, -0.25) is 0 Å². The quantitative estimate of drug-likeness (QED) is 0.671. The molecule has 1 aromatic rings. The molecule has 0 aromatic carbocycles. The number of alkyl halides is 3. The van der Waals surface area contributed by atoms with Crippen LogP contribution in [-0.4, -0.2) is 35.8 Å². The predicted molar refractivity (Wildman–Crippen MR) is 88.1 cm³/mol. The predicted octanol–water partition coefficient (Wildman–Crippen LogP) is 4.58. The SMILES string of the molecule is CC(C)(C)OC(=O)c1nc(N2CCC(C(F)(F)F)CC2)ccc1Br. The van der Waals surface area contributed by atoms with Crippen LogP contribution in [0, 0.1) is 5.92 Å². The zero-order valence-electron chi connectivity index (χ0n) is 13.8. The molecule has 134 valence electrons. The van der Waals surface area contributed by atoms with Gasteiger partial charge in [0.05, 0.1) is 10.4 Å². The van der Waals surface area contributed by atoms with E-state index in [4.69, 9.17) is 4.74 Å². The number of carbonyl (C=O) groups excluding carboxylic acids is 1. The first-order valence-electron chi connectivity index (χ1n) is 7.69. The number of nitrogens with zero attached hydrogens (tertiary/aromatic N) is 2. The molecule has 0 radical (unpaired) electrons. The van der Waals surface area contributed by atoms with Gasteiger partial charge < -0.3 is 9.64 Å². The van der Waals surface area contributed by atoms with Crippen molar-refractivity contribution in [3.63, 3.8) is 0 Å². The van der Waals surface area contributed by atoms with Crippen molar-refractivity contribution in [3.05, 3.63) is 22.3 Å². The summed E-state index contributed by atoms with van der Waals surface area (Å²) in [7, 11) is 0. The highest BCUT2D eigenvalue weighted by Gasteiger charge is 2.41. The monoisotopic (exact) mass is 408 g/mol. The molecule has 0 bridgehead atoms. The topological polar surface area (TPSA) is 42.4 Å². The largest absolute Gasteiger partial charge is 0.455 e. The van der Waals surface area contributed by atoms with Crippen LogP contribution in [0.3, 0.4) is 0 Å². The summed E-state index contributed by atoms with van der Waals surface area (Å²) in [6, 6.07) is 3.35. The molecular weight excluding hydrogens is 389 g/mol. The number of pyridine rings is 1. The highest BCUT2D eigenvalue weighted by atomic mass is 79.9. The van der Waals surface area contributed by atoms with Gasteiger partial charge in [-0.1, -0.05) is 0 Å². The number of carbonyl (C=O) groups is 1. The molecule has 0 amide bonds. The van der Waals surface area contributed by atoms with Crippen LogP contribution in [0.4, 0.5) is 19.0 Å². The molecular formula is C16H20BrF3N2O2. The van der Waals surface area contributed by atoms with Crippen LogP contribution in [0.25, 0.3) is 0 Å². The minimum atomic E-state index is -4.15. The lowest BCUT2D eigenvalue weighted by atomic mass is 9.96. The summed E-state index contributed by atoms with van der Waals surface area (Å²) in [4.78, 5) is 18.3. The summed E-state index contributed by atoms with van der Waals surface area (Å²) in [6.45, 7) is 5.78. The van der Waals surface area contributed by atoms with E-state index in [1.807, 2.05) is 0 Å². The van der Waals surface area contributed by atoms with Gasteiger partial charge >= 0.3 is 12.1 Å². The van der Waals surface area contributed by atoms with Crippen LogP contribution in [0.5, 0.6) is 0 Å². The van der Waals surface area contributed by atoms with Gasteiger partial charge in [-0.25, -0.2) is 9.78 Å². The van der Waals surface area contributed by atoms with E-state index in [0.717, 1.165) is 0 Å². The molecule has 8 heteroatoms. The van der Waals surface area contributed by atoms with Gasteiger partial charge in [-0.15, -0.1) is 0 Å². The maximum absolute atomic E-state index is 12.7. The molecule has 0 spiro atoms. The van der Waals surface area contributed by atoms with Crippen molar-refractivity contribution in [3.8, 4) is 0 Å². The standard InChI is InChI=1S/C16H20BrF3N2O2/c1-15(2,3)24-14(23)13-11(17)4-5-12(21-13)22-8-6-10(7-9-22)16(18,19)20/h4-5,10H,6-9H2,1-3H3. The maximum Gasteiger partial charge on any atom is 0.391 e. The average Bonchev–Trinajstić information content (AvgIpc) is 2.45. The Morgan fingerprint density at radius 1 is 1.25 bits per heavy atom. The van der Waals surface area contributed by atoms with Crippen molar-refractivity contribution < 1.29 is 22.7 Å². The number of hydrogen-bond acceptors (Lipinski definition) is 4. The summed E-state index contributed by atoms with van der Waals surface area (Å²) in [5.41, 5.74) is -0.528. The molecule has 0 N–H and O–H groups in total. The third kappa shape index (κ3) is 4.84. The number of rotatable bonds is 2. The normalized spacial score (nSPS) is 17.0. The highest BCUT2D eigenvalue weighted by Crippen LogP contribution is 2.35. The third-order valence-electron chi connectivity index (χ3n) is 3.71. The second-order valence-electron chi connectivity index (χ2n) is 6.80. The van der Waals surface area contributed by atoms with Crippen LogP contribution in [0.15, 0.2) is 16.6 Å². The Kier molecular flexibility index (Phi) is 5.47. The van der Waals surface area contributed by atoms with Crippen molar-refractivity contribution in [1.82, 2.24) is 4.98 Å². The van der Waals surface area contributed by atoms with Crippen LogP contribution < -0.4 is 4.90 Å². The van der Waals surface area contributed by atoms with Gasteiger partial charge in [0, 0.05) is 13.1 Å². The average molecular weight is 409 g/mol. The highest BCUT2D eigenvalue weighted by molar-refractivity contribution is 9.10. The summed E-state index contributed by atoms with van der Waals surface area (Å²) in [5, 5.41) is 0. The number of esters is 1. The fourth-order valence-corrected chi connectivity index (χ4v) is 2.90. The molecule has 1 aliphatic rings. The second-order valence-corrected chi connectivity index (χ2v) is 7.66. The summed E-state index contributed by atoms with van der Waals surface area (Å²) < 4.78 is 44.1. The van der Waals surface area contributed by atoms with Crippen molar-refractivity contribution in [2.24, 2.45) is 5.92 Å². The molecule has 0 atom stereocenters. The van der Waals surface area contributed by atoms with E-state index >= 15 is 0 Å². The van der Waals surface area contributed by atoms with Crippen molar-refractivity contribution in [2.45, 2.75) is 45.4 Å². The molecule has 2 heterocycles. The number of halogens is 4. The van der Waals surface area contributed by atoms with Gasteiger partial charge in [-0.05, 0) is 61.7 Å². The number of piperidine rings is 1. The molecule has 1 saturated heterocycles. The number of hydrogen-bond donors (Lipinski definition) is 0. The Balaban J connectivity index is 2.13. The van der Waals surface area contributed by atoms with Gasteiger partial charge in [0.25, 0.3) is 0 Å². The first-order valence-corrected chi connectivity index (χ1v) is 8.48. The Labute approximate surface area is 147 Å². The molecule has 2 rings (SSSR count). The Morgan fingerprint density at radius 2 is 1.83 bits per heavy atom. The zero-order chi connectivity index (χ0) is 18.1. The van der Waals surface area contributed by atoms with Gasteiger partial charge in [0.2, 0.25) is 0 Å². The first-order chi connectivity index (χ1) is 11.0. The number of anilines is 1. The van der Waals surface area contributed by atoms with E-state index in [2.05, 4.69) is 20.9 Å². The summed E-state index contributed by atoms with van der Waals surface area (Å²) in [5.74, 6) is -1.35. The molecule has 0 unspecified atom stereocenters.